The number of anilines is 1. The molecule has 136 valence electrons. The second-order valence-electron chi connectivity index (χ2n) is 5.14. The molecule has 1 aromatic carbocycles. The van der Waals surface area contributed by atoms with E-state index in [9.17, 15) is 19.2 Å². The summed E-state index contributed by atoms with van der Waals surface area (Å²) in [6.07, 6.45) is 1.46. The molecule has 0 spiro atoms. The molecular weight excluding hydrogens is 342 g/mol. The molecule has 0 aliphatic rings. The number of amides is 4. The molecule has 0 saturated heterocycles. The van der Waals surface area contributed by atoms with Crippen LogP contribution in [0.4, 0.5) is 10.5 Å². The van der Waals surface area contributed by atoms with Crippen LogP contribution in [0, 0.1) is 0 Å². The number of rotatable bonds is 6. The highest BCUT2D eigenvalue weighted by Gasteiger charge is 2.12. The van der Waals surface area contributed by atoms with E-state index < -0.39 is 24.5 Å². The lowest BCUT2D eigenvalue weighted by Gasteiger charge is -2.07. The van der Waals surface area contributed by atoms with Crippen LogP contribution < -0.4 is 16.0 Å². The number of carbonyl (C=O) groups excluding carboxylic acids is 4. The minimum absolute atomic E-state index is 0.118. The Bertz CT molecular complexity index is 783. The molecule has 0 unspecified atom stereocenters. The highest BCUT2D eigenvalue weighted by atomic mass is 16.5. The van der Waals surface area contributed by atoms with Crippen molar-refractivity contribution in [3.05, 3.63) is 54.0 Å². The number of nitrogens with one attached hydrogen (secondary N) is 3. The summed E-state index contributed by atoms with van der Waals surface area (Å²) in [5.41, 5.74) is 0.731. The van der Waals surface area contributed by atoms with Gasteiger partial charge in [0.25, 0.3) is 5.91 Å². The number of imide groups is 1. The first-order valence-corrected chi connectivity index (χ1v) is 7.59. The van der Waals surface area contributed by atoms with Gasteiger partial charge < -0.3 is 19.8 Å². The lowest BCUT2D eigenvalue weighted by atomic mass is 10.2. The summed E-state index contributed by atoms with van der Waals surface area (Å²) in [5.74, 6) is -1.21. The largest absolute Gasteiger partial charge is 0.467 e. The van der Waals surface area contributed by atoms with E-state index in [1.807, 2.05) is 5.32 Å². The molecule has 9 nitrogen and oxygen atoms in total. The van der Waals surface area contributed by atoms with Gasteiger partial charge in [0.2, 0.25) is 5.91 Å². The number of hydrogen-bond acceptors (Lipinski definition) is 6. The number of ether oxygens (including phenoxy) is 1. The van der Waals surface area contributed by atoms with E-state index in [4.69, 9.17) is 9.15 Å². The quantitative estimate of drug-likeness (QED) is 0.670. The number of benzene rings is 1. The zero-order valence-electron chi connectivity index (χ0n) is 13.9. The Kier molecular flexibility index (Phi) is 6.49. The van der Waals surface area contributed by atoms with Crippen LogP contribution >= 0.6 is 0 Å². The van der Waals surface area contributed by atoms with E-state index in [0.717, 1.165) is 0 Å². The molecule has 0 aliphatic heterocycles. The van der Waals surface area contributed by atoms with Gasteiger partial charge in [-0.25, -0.2) is 9.59 Å². The Morgan fingerprint density at radius 1 is 1.08 bits per heavy atom. The molecule has 0 radical (unpaired) electrons. The van der Waals surface area contributed by atoms with Crippen molar-refractivity contribution < 1.29 is 28.3 Å². The van der Waals surface area contributed by atoms with Crippen molar-refractivity contribution >= 4 is 29.5 Å². The first kappa shape index (κ1) is 18.7. The Balaban J connectivity index is 1.73. The van der Waals surface area contributed by atoms with E-state index in [1.165, 1.54) is 37.5 Å². The average Bonchev–Trinajstić information content (AvgIpc) is 3.11. The zero-order valence-corrected chi connectivity index (χ0v) is 13.9. The second kappa shape index (κ2) is 9.02. The smallest absolute Gasteiger partial charge is 0.338 e. The van der Waals surface area contributed by atoms with E-state index in [-0.39, 0.29) is 18.0 Å². The van der Waals surface area contributed by atoms with Crippen LogP contribution in [0.15, 0.2) is 47.1 Å². The standard InChI is InChI=1S/C17H17N3O6/c1-11(21)19-13-6-4-12(5-7-13)16(23)26-10-15(22)20-17(24)18-9-14-3-2-8-25-14/h2-8H,9-10H2,1H3,(H,19,21)(H2,18,20,22,24). The van der Waals surface area contributed by atoms with Gasteiger partial charge in [-0.2, -0.15) is 0 Å². The fourth-order valence-corrected chi connectivity index (χ4v) is 1.89. The molecule has 26 heavy (non-hydrogen) atoms. The minimum Gasteiger partial charge on any atom is -0.467 e. The third-order valence-electron chi connectivity index (χ3n) is 3.03. The number of carbonyl (C=O) groups is 4. The molecule has 1 heterocycles. The average molecular weight is 359 g/mol. The van der Waals surface area contributed by atoms with Crippen molar-refractivity contribution in [2.45, 2.75) is 13.5 Å². The summed E-state index contributed by atoms with van der Waals surface area (Å²) in [6, 6.07) is 8.55. The van der Waals surface area contributed by atoms with Gasteiger partial charge in [0.15, 0.2) is 6.61 Å². The fraction of sp³-hybridized carbons (Fsp3) is 0.176. The van der Waals surface area contributed by atoms with Crippen LogP contribution in [0.3, 0.4) is 0 Å². The first-order chi connectivity index (χ1) is 12.4. The maximum absolute atomic E-state index is 11.8. The molecule has 4 amide bonds. The van der Waals surface area contributed by atoms with Gasteiger partial charge in [-0.1, -0.05) is 0 Å². The third kappa shape index (κ3) is 6.11. The summed E-state index contributed by atoms with van der Waals surface area (Å²) in [6.45, 7) is 0.874. The van der Waals surface area contributed by atoms with E-state index in [2.05, 4.69) is 10.6 Å². The van der Waals surface area contributed by atoms with Gasteiger partial charge in [0, 0.05) is 12.6 Å². The molecule has 0 bridgehead atoms. The second-order valence-corrected chi connectivity index (χ2v) is 5.14. The van der Waals surface area contributed by atoms with Crippen LogP contribution in [-0.4, -0.2) is 30.4 Å². The van der Waals surface area contributed by atoms with Gasteiger partial charge in [-0.15, -0.1) is 0 Å². The molecule has 1 aromatic heterocycles. The Hall–Kier alpha value is -3.62. The fourth-order valence-electron chi connectivity index (χ4n) is 1.89. The van der Waals surface area contributed by atoms with Gasteiger partial charge in [-0.05, 0) is 36.4 Å². The summed E-state index contributed by atoms with van der Waals surface area (Å²) >= 11 is 0. The summed E-state index contributed by atoms with van der Waals surface area (Å²) in [7, 11) is 0. The number of furan rings is 1. The van der Waals surface area contributed by atoms with E-state index in [0.29, 0.717) is 11.4 Å². The van der Waals surface area contributed by atoms with Crippen LogP contribution in [0.5, 0.6) is 0 Å². The maximum Gasteiger partial charge on any atom is 0.338 e. The molecule has 0 saturated carbocycles. The van der Waals surface area contributed by atoms with Gasteiger partial charge >= 0.3 is 12.0 Å². The van der Waals surface area contributed by atoms with Crippen molar-refractivity contribution in [2.24, 2.45) is 0 Å². The van der Waals surface area contributed by atoms with E-state index in [1.54, 1.807) is 12.1 Å². The SMILES string of the molecule is CC(=O)Nc1ccc(C(=O)OCC(=O)NC(=O)NCc2ccco2)cc1. The number of esters is 1. The summed E-state index contributed by atoms with van der Waals surface area (Å²) in [5, 5.41) is 7.00. The van der Waals surface area contributed by atoms with Crippen molar-refractivity contribution in [3.8, 4) is 0 Å². The highest BCUT2D eigenvalue weighted by Crippen LogP contribution is 2.10. The molecule has 0 fully saturated rings. The van der Waals surface area contributed by atoms with Gasteiger partial charge in [0.05, 0.1) is 18.4 Å². The zero-order chi connectivity index (χ0) is 18.9. The minimum atomic E-state index is -0.773. The lowest BCUT2D eigenvalue weighted by molar-refractivity contribution is -0.123. The molecular formula is C17H17N3O6. The molecule has 2 aromatic rings. The summed E-state index contributed by atoms with van der Waals surface area (Å²) < 4.78 is 9.85. The van der Waals surface area contributed by atoms with Gasteiger partial charge in [0.1, 0.15) is 5.76 Å². The Morgan fingerprint density at radius 3 is 2.42 bits per heavy atom. The normalized spacial score (nSPS) is 9.88. The Labute approximate surface area is 148 Å². The molecule has 0 aliphatic carbocycles. The van der Waals surface area contributed by atoms with Crippen LogP contribution in [0.2, 0.25) is 0 Å². The van der Waals surface area contributed by atoms with Crippen molar-refractivity contribution in [1.82, 2.24) is 10.6 Å². The summed E-state index contributed by atoms with van der Waals surface area (Å²) in [4.78, 5) is 45.9. The molecule has 3 N–H and O–H groups in total. The maximum atomic E-state index is 11.8. The Morgan fingerprint density at radius 2 is 1.81 bits per heavy atom. The van der Waals surface area contributed by atoms with Gasteiger partial charge in [-0.3, -0.25) is 14.9 Å². The van der Waals surface area contributed by atoms with Crippen LogP contribution in [-0.2, 0) is 20.9 Å². The third-order valence-corrected chi connectivity index (χ3v) is 3.03. The predicted molar refractivity (Wildman–Crippen MR) is 90.1 cm³/mol. The molecule has 0 atom stereocenters. The molecule has 9 heteroatoms. The highest BCUT2D eigenvalue weighted by molar-refractivity contribution is 5.97. The predicted octanol–water partition coefficient (Wildman–Crippen LogP) is 1.42. The lowest BCUT2D eigenvalue weighted by Crippen LogP contribution is -2.41. The van der Waals surface area contributed by atoms with Crippen molar-refractivity contribution in [1.29, 1.82) is 0 Å². The van der Waals surface area contributed by atoms with Crippen LogP contribution in [0.1, 0.15) is 23.0 Å². The van der Waals surface area contributed by atoms with Crippen molar-refractivity contribution in [3.63, 3.8) is 0 Å². The van der Waals surface area contributed by atoms with Crippen LogP contribution in [0.25, 0.3) is 0 Å². The number of urea groups is 1. The number of hydrogen-bond donors (Lipinski definition) is 3. The van der Waals surface area contributed by atoms with Crippen molar-refractivity contribution in [2.75, 3.05) is 11.9 Å². The monoisotopic (exact) mass is 359 g/mol. The first-order valence-electron chi connectivity index (χ1n) is 7.59. The topological polar surface area (TPSA) is 127 Å². The molecule has 2 rings (SSSR count). The van der Waals surface area contributed by atoms with E-state index >= 15 is 0 Å².